The Labute approximate surface area is 313 Å². The summed E-state index contributed by atoms with van der Waals surface area (Å²) in [5.74, 6) is 1.94. The zero-order chi connectivity index (χ0) is 35.8. The molecule has 0 saturated heterocycles. The number of nitrogens with zero attached hydrogens (tertiary/aromatic N) is 4. The van der Waals surface area contributed by atoms with E-state index < -0.39 is 0 Å². The Balaban J connectivity index is 1.11. The van der Waals surface area contributed by atoms with Crippen LogP contribution in [0.25, 0.3) is 100 Å². The second kappa shape index (κ2) is 13.4. The van der Waals surface area contributed by atoms with Gasteiger partial charge in [0.2, 0.25) is 0 Å². The largest absolute Gasteiger partial charge is 0.248 e. The van der Waals surface area contributed by atoms with Crippen LogP contribution >= 0.6 is 0 Å². The molecule has 0 radical (unpaired) electrons. The molecule has 0 fully saturated rings. The number of aromatic nitrogens is 4. The SMILES string of the molecule is c1ccc(-c2cc(-c3cccc4ccccc34)c3c(ccc4ccc(-c5ccc(-c6nc(-c7ccccc7)nc(-c7ccccc7)n6)cc5)cc43)n2)cc1. The van der Waals surface area contributed by atoms with Gasteiger partial charge in [-0.1, -0.05) is 176 Å². The molecule has 10 rings (SSSR count). The normalized spacial score (nSPS) is 11.3. The van der Waals surface area contributed by atoms with Crippen molar-refractivity contribution in [1.82, 2.24) is 19.9 Å². The van der Waals surface area contributed by atoms with E-state index in [2.05, 4.69) is 127 Å². The van der Waals surface area contributed by atoms with Gasteiger partial charge in [0.1, 0.15) is 0 Å². The van der Waals surface area contributed by atoms with Gasteiger partial charge in [0.25, 0.3) is 0 Å². The smallest absolute Gasteiger partial charge is 0.164 e. The lowest BCUT2D eigenvalue weighted by atomic mass is 9.90. The molecule has 4 nitrogen and oxygen atoms in total. The van der Waals surface area contributed by atoms with E-state index in [0.29, 0.717) is 17.5 Å². The van der Waals surface area contributed by atoms with Crippen LogP contribution < -0.4 is 0 Å². The Hall–Kier alpha value is -7.30. The molecule has 2 aromatic heterocycles. The summed E-state index contributed by atoms with van der Waals surface area (Å²) in [5, 5.41) is 5.92. The molecule has 0 aliphatic rings. The number of fused-ring (bicyclic) bond motifs is 4. The molecule has 0 amide bonds. The van der Waals surface area contributed by atoms with Crippen LogP contribution in [0.4, 0.5) is 0 Å². The van der Waals surface area contributed by atoms with E-state index in [1.54, 1.807) is 0 Å². The maximum Gasteiger partial charge on any atom is 0.164 e. The molecule has 0 saturated carbocycles. The minimum Gasteiger partial charge on any atom is -0.248 e. The first kappa shape index (κ1) is 31.4. The van der Waals surface area contributed by atoms with Gasteiger partial charge in [-0.05, 0) is 62.0 Å². The summed E-state index contributed by atoms with van der Waals surface area (Å²) in [6, 6.07) is 67.7. The molecule has 0 spiro atoms. The van der Waals surface area contributed by atoms with Crippen molar-refractivity contribution in [3.8, 4) is 67.7 Å². The van der Waals surface area contributed by atoms with Crippen molar-refractivity contribution in [3.05, 3.63) is 194 Å². The van der Waals surface area contributed by atoms with Gasteiger partial charge in [-0.2, -0.15) is 0 Å². The second-order valence-electron chi connectivity index (χ2n) is 13.5. The summed E-state index contributed by atoms with van der Waals surface area (Å²) in [5.41, 5.74) is 10.5. The third kappa shape index (κ3) is 5.76. The average molecular weight is 689 g/mol. The van der Waals surface area contributed by atoms with E-state index in [1.807, 2.05) is 66.7 Å². The molecule has 252 valence electrons. The first-order valence-corrected chi connectivity index (χ1v) is 18.1. The fourth-order valence-electron chi connectivity index (χ4n) is 7.41. The van der Waals surface area contributed by atoms with Crippen LogP contribution in [0.15, 0.2) is 194 Å². The zero-order valence-corrected chi connectivity index (χ0v) is 29.3. The number of pyridine rings is 1. The molecule has 10 aromatic rings. The first-order chi connectivity index (χ1) is 26.7. The van der Waals surface area contributed by atoms with E-state index >= 15 is 0 Å². The molecule has 0 N–H and O–H groups in total. The molecule has 0 atom stereocenters. The van der Waals surface area contributed by atoms with Gasteiger partial charge in [0.05, 0.1) is 11.2 Å². The van der Waals surface area contributed by atoms with Crippen molar-refractivity contribution in [2.75, 3.05) is 0 Å². The topological polar surface area (TPSA) is 51.6 Å². The van der Waals surface area contributed by atoms with Crippen molar-refractivity contribution < 1.29 is 0 Å². The first-order valence-electron chi connectivity index (χ1n) is 18.1. The van der Waals surface area contributed by atoms with Crippen LogP contribution in [0.5, 0.6) is 0 Å². The van der Waals surface area contributed by atoms with Gasteiger partial charge in [0.15, 0.2) is 17.5 Å². The Morgan fingerprint density at radius 2 is 0.778 bits per heavy atom. The lowest BCUT2D eigenvalue weighted by Gasteiger charge is -2.15. The minimum atomic E-state index is 0.638. The molecule has 2 heterocycles. The maximum atomic E-state index is 5.25. The highest BCUT2D eigenvalue weighted by Gasteiger charge is 2.16. The van der Waals surface area contributed by atoms with Crippen molar-refractivity contribution >= 4 is 32.4 Å². The van der Waals surface area contributed by atoms with E-state index in [0.717, 1.165) is 50.0 Å². The second-order valence-corrected chi connectivity index (χ2v) is 13.5. The number of hydrogen-bond acceptors (Lipinski definition) is 4. The van der Waals surface area contributed by atoms with Crippen molar-refractivity contribution in [2.45, 2.75) is 0 Å². The lowest BCUT2D eigenvalue weighted by molar-refractivity contribution is 1.07. The highest BCUT2D eigenvalue weighted by atomic mass is 15.0. The highest BCUT2D eigenvalue weighted by Crippen LogP contribution is 2.40. The molecule has 4 heteroatoms. The van der Waals surface area contributed by atoms with Gasteiger partial charge in [-0.3, -0.25) is 0 Å². The summed E-state index contributed by atoms with van der Waals surface area (Å²) in [4.78, 5) is 20.0. The molecule has 0 aliphatic heterocycles. The van der Waals surface area contributed by atoms with Crippen LogP contribution in [-0.2, 0) is 0 Å². The fraction of sp³-hybridized carbons (Fsp3) is 0. The molecule has 8 aromatic carbocycles. The lowest BCUT2D eigenvalue weighted by Crippen LogP contribution is -2.00. The minimum absolute atomic E-state index is 0.638. The van der Waals surface area contributed by atoms with E-state index in [4.69, 9.17) is 19.9 Å². The van der Waals surface area contributed by atoms with Crippen LogP contribution in [0.1, 0.15) is 0 Å². The Morgan fingerprint density at radius 3 is 1.44 bits per heavy atom. The monoisotopic (exact) mass is 688 g/mol. The predicted octanol–water partition coefficient (Wildman–Crippen LogP) is 12.7. The van der Waals surface area contributed by atoms with Gasteiger partial charge in [-0.15, -0.1) is 0 Å². The average Bonchev–Trinajstić information content (AvgIpc) is 3.26. The summed E-state index contributed by atoms with van der Waals surface area (Å²) in [6.45, 7) is 0. The Bertz CT molecular complexity index is 2900. The summed E-state index contributed by atoms with van der Waals surface area (Å²) in [7, 11) is 0. The maximum absolute atomic E-state index is 5.25. The molecular weight excluding hydrogens is 657 g/mol. The summed E-state index contributed by atoms with van der Waals surface area (Å²) >= 11 is 0. The van der Waals surface area contributed by atoms with Gasteiger partial charge >= 0.3 is 0 Å². The van der Waals surface area contributed by atoms with Crippen LogP contribution in [0.2, 0.25) is 0 Å². The van der Waals surface area contributed by atoms with E-state index in [1.165, 1.54) is 32.7 Å². The third-order valence-corrected chi connectivity index (χ3v) is 10.1. The molecular formula is C50H32N4. The Morgan fingerprint density at radius 1 is 0.278 bits per heavy atom. The standard InChI is InChI=1S/C50H32N4/c1-4-14-36(15-5-1)46-32-44(42-22-12-20-34-13-10-11-21-41(34)42)47-43-31-40(28-25-35(43)29-30-45(47)51-46)33-23-26-39(27-24-33)50-53-48(37-16-6-2-7-17-37)52-49(54-50)38-18-8-3-9-19-38/h1-32H. The Kier molecular flexibility index (Phi) is 7.77. The highest BCUT2D eigenvalue weighted by molar-refractivity contribution is 6.17. The third-order valence-electron chi connectivity index (χ3n) is 10.1. The molecule has 0 aliphatic carbocycles. The summed E-state index contributed by atoms with van der Waals surface area (Å²) < 4.78 is 0. The predicted molar refractivity (Wildman–Crippen MR) is 223 cm³/mol. The van der Waals surface area contributed by atoms with Gasteiger partial charge < -0.3 is 0 Å². The number of hydrogen-bond donors (Lipinski definition) is 0. The quantitative estimate of drug-likeness (QED) is 0.163. The molecule has 0 unspecified atom stereocenters. The van der Waals surface area contributed by atoms with Gasteiger partial charge in [-0.25, -0.2) is 19.9 Å². The van der Waals surface area contributed by atoms with Crippen LogP contribution in [-0.4, -0.2) is 19.9 Å². The fourth-order valence-corrected chi connectivity index (χ4v) is 7.41. The number of benzene rings is 8. The summed E-state index contributed by atoms with van der Waals surface area (Å²) in [6.07, 6.45) is 0. The van der Waals surface area contributed by atoms with E-state index in [-0.39, 0.29) is 0 Å². The molecule has 0 bridgehead atoms. The number of rotatable bonds is 6. The molecule has 54 heavy (non-hydrogen) atoms. The van der Waals surface area contributed by atoms with Crippen LogP contribution in [0, 0.1) is 0 Å². The van der Waals surface area contributed by atoms with E-state index in [9.17, 15) is 0 Å². The zero-order valence-electron chi connectivity index (χ0n) is 29.3. The van der Waals surface area contributed by atoms with Gasteiger partial charge in [0, 0.05) is 27.6 Å². The van der Waals surface area contributed by atoms with Crippen LogP contribution in [0.3, 0.4) is 0 Å². The van der Waals surface area contributed by atoms with Crippen molar-refractivity contribution in [1.29, 1.82) is 0 Å². The van der Waals surface area contributed by atoms with Crippen molar-refractivity contribution in [2.24, 2.45) is 0 Å². The van der Waals surface area contributed by atoms with Crippen molar-refractivity contribution in [3.63, 3.8) is 0 Å².